The van der Waals surface area contributed by atoms with E-state index in [0.29, 0.717) is 5.75 Å². The molecule has 0 aromatic heterocycles. The van der Waals surface area contributed by atoms with Crippen molar-refractivity contribution in [2.45, 2.75) is 150 Å². The minimum absolute atomic E-state index is 0.0660. The molecule has 0 aliphatic rings. The Morgan fingerprint density at radius 2 is 1.09 bits per heavy atom. The molecule has 0 fully saturated rings. The number of benzene rings is 1. The maximum absolute atomic E-state index is 11.3. The highest BCUT2D eigenvalue weighted by molar-refractivity contribution is 5.48. The summed E-state index contributed by atoms with van der Waals surface area (Å²) in [6.45, 7) is 21.2. The Morgan fingerprint density at radius 3 is 1.52 bits per heavy atom. The van der Waals surface area contributed by atoms with Gasteiger partial charge in [0.05, 0.1) is 0 Å². The second-order valence-corrected chi connectivity index (χ2v) is 12.3. The molecule has 0 aliphatic heterocycles. The van der Waals surface area contributed by atoms with Crippen LogP contribution in [0.1, 0.15) is 149 Å². The highest BCUT2D eigenvalue weighted by atomic mass is 16.3. The van der Waals surface area contributed by atoms with Crippen molar-refractivity contribution in [3.05, 3.63) is 28.8 Å². The number of hydrogen-bond acceptors (Lipinski definition) is 2. The molecule has 0 heterocycles. The van der Waals surface area contributed by atoms with E-state index >= 15 is 0 Å². The third kappa shape index (κ3) is 11.8. The second kappa shape index (κ2) is 15.1. The van der Waals surface area contributed by atoms with Gasteiger partial charge >= 0.3 is 0 Å². The zero-order valence-corrected chi connectivity index (χ0v) is 23.7. The molecule has 1 rings (SSSR count). The van der Waals surface area contributed by atoms with Gasteiger partial charge in [0, 0.05) is 12.1 Å². The largest absolute Gasteiger partial charge is 0.507 e. The summed E-state index contributed by atoms with van der Waals surface area (Å²) in [5.74, 6) is 0.520. The van der Waals surface area contributed by atoms with Crippen LogP contribution in [0.5, 0.6) is 5.75 Å². The highest BCUT2D eigenvalue weighted by Gasteiger charge is 2.25. The van der Waals surface area contributed by atoms with Crippen LogP contribution >= 0.6 is 0 Å². The predicted molar refractivity (Wildman–Crippen MR) is 148 cm³/mol. The van der Waals surface area contributed by atoms with Crippen LogP contribution in [0.25, 0.3) is 0 Å². The Hall–Kier alpha value is -1.02. The summed E-state index contributed by atoms with van der Waals surface area (Å²) >= 11 is 0. The number of nitrogens with zero attached hydrogens (tertiary/aromatic N) is 1. The standard InChI is InChI=1S/C31H57NO/c1-9-11-13-15-17-19-21-32(22-20-18-16-14-12-10-2)25-26-23-27(30(3,4)5)24-28(29(26)33)31(6,7)8/h23-24,33H,9-22,25H2,1-8H3. The molecule has 2 heteroatoms. The molecule has 0 radical (unpaired) electrons. The van der Waals surface area contributed by atoms with E-state index in [2.05, 4.69) is 72.4 Å². The van der Waals surface area contributed by atoms with E-state index in [1.165, 1.54) is 82.6 Å². The third-order valence-corrected chi connectivity index (χ3v) is 6.91. The second-order valence-electron chi connectivity index (χ2n) is 12.3. The third-order valence-electron chi connectivity index (χ3n) is 6.91. The fraction of sp³-hybridized carbons (Fsp3) is 0.806. The molecule has 0 spiro atoms. The number of unbranched alkanes of at least 4 members (excludes halogenated alkanes) is 10. The van der Waals surface area contributed by atoms with Crippen LogP contribution < -0.4 is 0 Å². The number of hydrogen-bond donors (Lipinski definition) is 1. The Kier molecular flexibility index (Phi) is 13.7. The van der Waals surface area contributed by atoms with Crippen molar-refractivity contribution in [1.82, 2.24) is 4.90 Å². The zero-order chi connectivity index (χ0) is 24.9. The molecule has 192 valence electrons. The molecule has 1 aromatic carbocycles. The molecule has 0 amide bonds. The summed E-state index contributed by atoms with van der Waals surface area (Å²) in [7, 11) is 0. The first kappa shape index (κ1) is 30.0. The summed E-state index contributed by atoms with van der Waals surface area (Å²) in [6, 6.07) is 4.52. The van der Waals surface area contributed by atoms with E-state index in [0.717, 1.165) is 30.8 Å². The average molecular weight is 460 g/mol. The van der Waals surface area contributed by atoms with Gasteiger partial charge in [-0.1, -0.05) is 132 Å². The van der Waals surface area contributed by atoms with Crippen molar-refractivity contribution in [3.63, 3.8) is 0 Å². The molecule has 0 saturated carbocycles. The van der Waals surface area contributed by atoms with Crippen molar-refractivity contribution in [2.75, 3.05) is 13.1 Å². The number of phenols is 1. The van der Waals surface area contributed by atoms with Gasteiger partial charge in [-0.3, -0.25) is 4.90 Å². The fourth-order valence-corrected chi connectivity index (χ4v) is 4.56. The summed E-state index contributed by atoms with van der Waals surface area (Å²) in [4.78, 5) is 2.62. The minimum atomic E-state index is -0.0660. The Morgan fingerprint density at radius 1 is 0.636 bits per heavy atom. The molecule has 0 bridgehead atoms. The van der Waals surface area contributed by atoms with E-state index in [-0.39, 0.29) is 10.8 Å². The lowest BCUT2D eigenvalue weighted by Gasteiger charge is -2.29. The van der Waals surface area contributed by atoms with E-state index in [1.807, 2.05) is 0 Å². The normalized spacial score (nSPS) is 12.6. The maximum Gasteiger partial charge on any atom is 0.123 e. The van der Waals surface area contributed by atoms with Gasteiger partial charge in [-0.2, -0.15) is 0 Å². The summed E-state index contributed by atoms with van der Waals surface area (Å²) in [5, 5.41) is 11.3. The maximum atomic E-state index is 11.3. The quantitative estimate of drug-likeness (QED) is 0.249. The molecule has 1 N–H and O–H groups in total. The topological polar surface area (TPSA) is 23.5 Å². The molecule has 0 saturated heterocycles. The Labute approximate surface area is 207 Å². The van der Waals surface area contributed by atoms with Gasteiger partial charge in [0.25, 0.3) is 0 Å². The van der Waals surface area contributed by atoms with Crippen LogP contribution in [0.4, 0.5) is 0 Å². The van der Waals surface area contributed by atoms with Gasteiger partial charge in [0.2, 0.25) is 0 Å². The van der Waals surface area contributed by atoms with Crippen molar-refractivity contribution in [3.8, 4) is 5.75 Å². The summed E-state index contributed by atoms with van der Waals surface area (Å²) < 4.78 is 0. The van der Waals surface area contributed by atoms with Crippen molar-refractivity contribution in [2.24, 2.45) is 0 Å². The number of rotatable bonds is 16. The lowest BCUT2D eigenvalue weighted by atomic mass is 9.79. The molecule has 0 atom stereocenters. The van der Waals surface area contributed by atoms with Crippen molar-refractivity contribution in [1.29, 1.82) is 0 Å². The predicted octanol–water partition coefficient (Wildman–Crippen LogP) is 9.51. The minimum Gasteiger partial charge on any atom is -0.507 e. The van der Waals surface area contributed by atoms with Gasteiger partial charge < -0.3 is 5.11 Å². The molecular formula is C31H57NO. The fourth-order valence-electron chi connectivity index (χ4n) is 4.56. The molecule has 0 aliphatic carbocycles. The van der Waals surface area contributed by atoms with Gasteiger partial charge in [0.15, 0.2) is 0 Å². The van der Waals surface area contributed by atoms with Crippen LogP contribution in [0.15, 0.2) is 12.1 Å². The molecule has 1 aromatic rings. The van der Waals surface area contributed by atoms with Crippen molar-refractivity contribution >= 4 is 0 Å². The summed E-state index contributed by atoms with van der Waals surface area (Å²) in [6.07, 6.45) is 16.0. The van der Waals surface area contributed by atoms with Crippen LogP contribution in [-0.2, 0) is 17.4 Å². The summed E-state index contributed by atoms with van der Waals surface area (Å²) in [5.41, 5.74) is 3.54. The van der Waals surface area contributed by atoms with Gasteiger partial charge in [0.1, 0.15) is 5.75 Å². The molecule has 0 unspecified atom stereocenters. The zero-order valence-electron chi connectivity index (χ0n) is 23.7. The highest BCUT2D eigenvalue weighted by Crippen LogP contribution is 2.38. The first-order valence-electron chi connectivity index (χ1n) is 14.1. The van der Waals surface area contributed by atoms with E-state index in [9.17, 15) is 5.11 Å². The first-order chi connectivity index (χ1) is 15.5. The average Bonchev–Trinajstić information content (AvgIpc) is 2.72. The van der Waals surface area contributed by atoms with E-state index < -0.39 is 0 Å². The van der Waals surface area contributed by atoms with E-state index in [1.54, 1.807) is 0 Å². The lowest BCUT2D eigenvalue weighted by Crippen LogP contribution is -2.27. The first-order valence-corrected chi connectivity index (χ1v) is 14.1. The Bertz CT molecular complexity index is 634. The molecular weight excluding hydrogens is 402 g/mol. The molecule has 2 nitrogen and oxygen atoms in total. The van der Waals surface area contributed by atoms with Crippen LogP contribution in [-0.4, -0.2) is 23.1 Å². The van der Waals surface area contributed by atoms with Gasteiger partial charge in [-0.25, -0.2) is 0 Å². The smallest absolute Gasteiger partial charge is 0.123 e. The SMILES string of the molecule is CCCCCCCCN(CCCCCCCC)Cc1cc(C(C)(C)C)cc(C(C)(C)C)c1O. The van der Waals surface area contributed by atoms with E-state index in [4.69, 9.17) is 0 Å². The lowest BCUT2D eigenvalue weighted by molar-refractivity contribution is 0.248. The van der Waals surface area contributed by atoms with Crippen LogP contribution in [0.3, 0.4) is 0 Å². The number of aromatic hydroxyl groups is 1. The van der Waals surface area contributed by atoms with Crippen LogP contribution in [0, 0.1) is 0 Å². The van der Waals surface area contributed by atoms with Gasteiger partial charge in [-0.05, 0) is 47.9 Å². The van der Waals surface area contributed by atoms with Crippen LogP contribution in [0.2, 0.25) is 0 Å². The Balaban J connectivity index is 2.95. The monoisotopic (exact) mass is 459 g/mol. The van der Waals surface area contributed by atoms with Gasteiger partial charge in [-0.15, -0.1) is 0 Å². The molecule has 33 heavy (non-hydrogen) atoms. The number of phenolic OH excluding ortho intramolecular Hbond substituents is 1. The van der Waals surface area contributed by atoms with Crippen molar-refractivity contribution < 1.29 is 5.11 Å².